The van der Waals surface area contributed by atoms with Gasteiger partial charge in [0.1, 0.15) is 5.82 Å². The van der Waals surface area contributed by atoms with E-state index in [1.54, 1.807) is 0 Å². The summed E-state index contributed by atoms with van der Waals surface area (Å²) in [5.74, 6) is -0.331. The Labute approximate surface area is 63.9 Å². The Morgan fingerprint density at radius 2 is 2.09 bits per heavy atom. The monoisotopic (exact) mass is 152 g/mol. The number of aryl methyl sites for hydroxylation is 1. The minimum Gasteiger partial charge on any atom is -0.478 e. The molecule has 1 aromatic heterocycles. The average molecular weight is 152 g/mol. The zero-order chi connectivity index (χ0) is 8.27. The lowest BCUT2D eigenvalue weighted by Gasteiger charge is -1.94. The van der Waals surface area contributed by atoms with E-state index in [1.807, 2.05) is 6.92 Å². The second kappa shape index (κ2) is 3.09. The van der Waals surface area contributed by atoms with Crippen LogP contribution in [0.3, 0.4) is 0 Å². The van der Waals surface area contributed by atoms with E-state index in [2.05, 4.69) is 9.97 Å². The van der Waals surface area contributed by atoms with Crippen molar-refractivity contribution >= 4 is 5.97 Å². The van der Waals surface area contributed by atoms with Gasteiger partial charge >= 0.3 is 5.97 Å². The zero-order valence-electron chi connectivity index (χ0n) is 6.11. The predicted octanol–water partition coefficient (Wildman–Crippen LogP) is 0.737. The van der Waals surface area contributed by atoms with E-state index in [9.17, 15) is 4.79 Å². The number of hydrogen-bond donors (Lipinski definition) is 1. The van der Waals surface area contributed by atoms with E-state index in [1.165, 1.54) is 12.4 Å². The van der Waals surface area contributed by atoms with Crippen molar-refractivity contribution in [3.05, 3.63) is 23.8 Å². The highest BCUT2D eigenvalue weighted by atomic mass is 16.4. The van der Waals surface area contributed by atoms with Crippen molar-refractivity contribution in [2.24, 2.45) is 0 Å². The van der Waals surface area contributed by atoms with Crippen molar-refractivity contribution in [3.63, 3.8) is 0 Å². The Morgan fingerprint density at radius 1 is 1.55 bits per heavy atom. The van der Waals surface area contributed by atoms with Crippen LogP contribution < -0.4 is 0 Å². The molecule has 0 aliphatic rings. The molecule has 1 N–H and O–H groups in total. The molecular weight excluding hydrogens is 144 g/mol. The second-order valence-electron chi connectivity index (χ2n) is 2.05. The number of carboxylic acid groups (broad SMARTS) is 1. The van der Waals surface area contributed by atoms with Gasteiger partial charge in [-0.25, -0.2) is 14.8 Å². The predicted molar refractivity (Wildman–Crippen MR) is 38.4 cm³/mol. The van der Waals surface area contributed by atoms with E-state index in [4.69, 9.17) is 5.11 Å². The van der Waals surface area contributed by atoms with E-state index in [0.29, 0.717) is 5.82 Å². The van der Waals surface area contributed by atoms with Gasteiger partial charge in [-0.2, -0.15) is 0 Å². The normalized spacial score (nSPS) is 9.55. The Kier molecular flexibility index (Phi) is 2.15. The van der Waals surface area contributed by atoms with Gasteiger partial charge in [-0.3, -0.25) is 0 Å². The Hall–Kier alpha value is -1.45. The lowest BCUT2D eigenvalue weighted by molar-refractivity contribution is 0.0696. The van der Waals surface area contributed by atoms with Crippen molar-refractivity contribution < 1.29 is 9.90 Å². The summed E-state index contributed by atoms with van der Waals surface area (Å²) in [6, 6.07) is 0. The van der Waals surface area contributed by atoms with Crippen LogP contribution in [0.5, 0.6) is 0 Å². The van der Waals surface area contributed by atoms with Gasteiger partial charge in [0.05, 0.1) is 5.56 Å². The number of aromatic carboxylic acids is 1. The van der Waals surface area contributed by atoms with Gasteiger partial charge in [0.2, 0.25) is 0 Å². The fraction of sp³-hybridized carbons (Fsp3) is 0.286. The summed E-state index contributed by atoms with van der Waals surface area (Å²) in [7, 11) is 0. The second-order valence-corrected chi connectivity index (χ2v) is 2.05. The number of nitrogens with zero attached hydrogens (tertiary/aromatic N) is 2. The van der Waals surface area contributed by atoms with Gasteiger partial charge < -0.3 is 5.11 Å². The first kappa shape index (κ1) is 7.65. The molecule has 0 unspecified atom stereocenters. The van der Waals surface area contributed by atoms with Gasteiger partial charge in [0, 0.05) is 18.8 Å². The average Bonchev–Trinajstić information content (AvgIpc) is 2.05. The fourth-order valence-corrected chi connectivity index (χ4v) is 0.648. The standard InChI is InChI=1S/C7H8N2O2/c1-2-6-8-3-5(4-9-6)7(10)11/h3-4H,2H2,1H3,(H,10,11). The first-order valence-corrected chi connectivity index (χ1v) is 3.28. The molecule has 0 radical (unpaired) electrons. The van der Waals surface area contributed by atoms with Gasteiger partial charge in [-0.1, -0.05) is 6.92 Å². The minimum atomic E-state index is -0.993. The molecule has 0 fully saturated rings. The lowest BCUT2D eigenvalue weighted by atomic mass is 10.3. The summed E-state index contributed by atoms with van der Waals surface area (Å²) in [5, 5.41) is 8.47. The van der Waals surface area contributed by atoms with Crippen molar-refractivity contribution in [2.75, 3.05) is 0 Å². The van der Waals surface area contributed by atoms with Crippen LogP contribution in [0.1, 0.15) is 23.1 Å². The molecular formula is C7H8N2O2. The Morgan fingerprint density at radius 3 is 2.45 bits per heavy atom. The molecule has 0 saturated carbocycles. The van der Waals surface area contributed by atoms with Crippen LogP contribution in [-0.2, 0) is 6.42 Å². The van der Waals surface area contributed by atoms with E-state index in [0.717, 1.165) is 6.42 Å². The number of rotatable bonds is 2. The summed E-state index contributed by atoms with van der Waals surface area (Å²) in [5.41, 5.74) is 0.127. The Bertz CT molecular complexity index is 256. The molecule has 1 aromatic rings. The van der Waals surface area contributed by atoms with Crippen molar-refractivity contribution in [1.82, 2.24) is 9.97 Å². The molecule has 0 bridgehead atoms. The summed E-state index contributed by atoms with van der Waals surface area (Å²) in [6.07, 6.45) is 3.35. The molecule has 58 valence electrons. The molecule has 0 amide bonds. The highest BCUT2D eigenvalue weighted by Gasteiger charge is 2.02. The zero-order valence-corrected chi connectivity index (χ0v) is 6.11. The van der Waals surface area contributed by atoms with Gasteiger partial charge in [-0.15, -0.1) is 0 Å². The summed E-state index contributed by atoms with van der Waals surface area (Å²) >= 11 is 0. The third-order valence-corrected chi connectivity index (χ3v) is 1.27. The van der Waals surface area contributed by atoms with Crippen molar-refractivity contribution in [1.29, 1.82) is 0 Å². The largest absolute Gasteiger partial charge is 0.478 e. The molecule has 4 heteroatoms. The van der Waals surface area contributed by atoms with Crippen LogP contribution in [0.2, 0.25) is 0 Å². The third-order valence-electron chi connectivity index (χ3n) is 1.27. The van der Waals surface area contributed by atoms with Crippen molar-refractivity contribution in [3.8, 4) is 0 Å². The molecule has 1 heterocycles. The van der Waals surface area contributed by atoms with Crippen LogP contribution in [0.25, 0.3) is 0 Å². The summed E-state index contributed by atoms with van der Waals surface area (Å²) < 4.78 is 0. The molecule has 0 saturated heterocycles. The van der Waals surface area contributed by atoms with Crippen molar-refractivity contribution in [2.45, 2.75) is 13.3 Å². The molecule has 0 spiro atoms. The smallest absolute Gasteiger partial charge is 0.338 e. The SMILES string of the molecule is CCc1ncc(C(=O)O)cn1. The first-order valence-electron chi connectivity index (χ1n) is 3.28. The molecule has 0 atom stereocenters. The lowest BCUT2D eigenvalue weighted by Crippen LogP contribution is -2.00. The molecule has 1 rings (SSSR count). The molecule has 4 nitrogen and oxygen atoms in total. The minimum absolute atomic E-state index is 0.127. The van der Waals surface area contributed by atoms with Gasteiger partial charge in [0.15, 0.2) is 0 Å². The van der Waals surface area contributed by atoms with Gasteiger partial charge in [0.25, 0.3) is 0 Å². The summed E-state index contributed by atoms with van der Waals surface area (Å²) in [4.78, 5) is 18.0. The number of hydrogen-bond acceptors (Lipinski definition) is 3. The van der Waals surface area contributed by atoms with Gasteiger partial charge in [-0.05, 0) is 0 Å². The maximum Gasteiger partial charge on any atom is 0.338 e. The molecule has 0 aromatic carbocycles. The Balaban J connectivity index is 2.91. The first-order chi connectivity index (χ1) is 5.24. The topological polar surface area (TPSA) is 63.1 Å². The fourth-order valence-electron chi connectivity index (χ4n) is 0.648. The summed E-state index contributed by atoms with van der Waals surface area (Å²) in [6.45, 7) is 1.91. The molecule has 11 heavy (non-hydrogen) atoms. The van der Waals surface area contributed by atoms with Crippen LogP contribution in [0.4, 0.5) is 0 Å². The highest BCUT2D eigenvalue weighted by Crippen LogP contribution is 1.95. The van der Waals surface area contributed by atoms with Crippen LogP contribution in [0.15, 0.2) is 12.4 Å². The molecule has 0 aliphatic heterocycles. The maximum atomic E-state index is 10.3. The van der Waals surface area contributed by atoms with Crippen LogP contribution in [-0.4, -0.2) is 21.0 Å². The highest BCUT2D eigenvalue weighted by molar-refractivity contribution is 5.86. The molecule has 0 aliphatic carbocycles. The number of carboxylic acids is 1. The maximum absolute atomic E-state index is 10.3. The quantitative estimate of drug-likeness (QED) is 0.678. The van der Waals surface area contributed by atoms with E-state index < -0.39 is 5.97 Å². The number of carbonyl (C=O) groups is 1. The van der Waals surface area contributed by atoms with E-state index >= 15 is 0 Å². The third kappa shape index (κ3) is 1.73. The number of aromatic nitrogens is 2. The van der Waals surface area contributed by atoms with E-state index in [-0.39, 0.29) is 5.56 Å². The van der Waals surface area contributed by atoms with Crippen LogP contribution in [0, 0.1) is 0 Å². The van der Waals surface area contributed by atoms with Crippen LogP contribution >= 0.6 is 0 Å².